The second kappa shape index (κ2) is 6.34. The van der Waals surface area contributed by atoms with Gasteiger partial charge in [0.25, 0.3) is 0 Å². The molecule has 2 aromatic carbocycles. The Bertz CT molecular complexity index is 1120. The van der Waals surface area contributed by atoms with Crippen molar-refractivity contribution < 1.29 is 0 Å². The Kier molecular flexibility index (Phi) is 3.81. The highest BCUT2D eigenvalue weighted by Gasteiger charge is 2.22. The van der Waals surface area contributed by atoms with Gasteiger partial charge in [0, 0.05) is 24.0 Å². The maximum Gasteiger partial charge on any atom is 0.186 e. The first-order chi connectivity index (χ1) is 13.2. The predicted octanol–water partition coefficient (Wildman–Crippen LogP) is 4.49. The number of nitrogens with zero attached hydrogens (tertiary/aromatic N) is 5. The van der Waals surface area contributed by atoms with Crippen LogP contribution in [0.15, 0.2) is 48.5 Å². The molecule has 1 fully saturated rings. The van der Waals surface area contributed by atoms with E-state index in [-0.39, 0.29) is 0 Å². The molecule has 0 bridgehead atoms. The third-order valence-electron chi connectivity index (χ3n) is 5.61. The maximum absolute atomic E-state index is 5.08. The average molecular weight is 357 g/mol. The largest absolute Gasteiger partial charge is 0.356 e. The molecule has 5 heteroatoms. The molecule has 1 aliphatic rings. The van der Waals surface area contributed by atoms with E-state index in [2.05, 4.69) is 77.6 Å². The molecule has 4 aromatic rings. The van der Waals surface area contributed by atoms with Crippen LogP contribution in [-0.2, 0) is 0 Å². The molecule has 1 saturated heterocycles. The average Bonchev–Trinajstić information content (AvgIpc) is 3.12. The number of rotatable bonds is 2. The fraction of sp³-hybridized carbons (Fsp3) is 0.318. The SMILES string of the molecule is Cc1cccc(-c2nnn3c2nc(N2CCC(C)CC2)c2ccccc23)c1. The zero-order chi connectivity index (χ0) is 18.4. The summed E-state index contributed by atoms with van der Waals surface area (Å²) in [5, 5.41) is 10.1. The lowest BCUT2D eigenvalue weighted by Crippen LogP contribution is -2.33. The van der Waals surface area contributed by atoms with Gasteiger partial charge in [-0.05, 0) is 43.9 Å². The zero-order valence-corrected chi connectivity index (χ0v) is 15.8. The summed E-state index contributed by atoms with van der Waals surface area (Å²) in [6, 6.07) is 16.8. The second-order valence-corrected chi connectivity index (χ2v) is 7.67. The monoisotopic (exact) mass is 357 g/mol. The second-order valence-electron chi connectivity index (χ2n) is 7.67. The van der Waals surface area contributed by atoms with Gasteiger partial charge >= 0.3 is 0 Å². The molecule has 5 rings (SSSR count). The Morgan fingerprint density at radius 2 is 1.81 bits per heavy atom. The van der Waals surface area contributed by atoms with E-state index >= 15 is 0 Å². The number of benzene rings is 2. The molecule has 5 nitrogen and oxygen atoms in total. The summed E-state index contributed by atoms with van der Waals surface area (Å²) >= 11 is 0. The minimum atomic E-state index is 0.788. The van der Waals surface area contributed by atoms with Crippen molar-refractivity contribution in [3.63, 3.8) is 0 Å². The van der Waals surface area contributed by atoms with Gasteiger partial charge in [0.1, 0.15) is 11.5 Å². The van der Waals surface area contributed by atoms with Crippen LogP contribution >= 0.6 is 0 Å². The van der Waals surface area contributed by atoms with E-state index in [4.69, 9.17) is 4.98 Å². The molecular weight excluding hydrogens is 334 g/mol. The van der Waals surface area contributed by atoms with Crippen LogP contribution in [0.4, 0.5) is 5.82 Å². The molecule has 0 saturated carbocycles. The summed E-state index contributed by atoms with van der Waals surface area (Å²) in [6.07, 6.45) is 2.42. The van der Waals surface area contributed by atoms with E-state index in [1.807, 2.05) is 4.52 Å². The van der Waals surface area contributed by atoms with Gasteiger partial charge in [-0.3, -0.25) is 0 Å². The van der Waals surface area contributed by atoms with Gasteiger partial charge in [0.2, 0.25) is 0 Å². The highest BCUT2D eigenvalue weighted by molar-refractivity contribution is 5.93. The van der Waals surface area contributed by atoms with Gasteiger partial charge in [0.15, 0.2) is 5.65 Å². The van der Waals surface area contributed by atoms with Crippen molar-refractivity contribution in [3.8, 4) is 11.3 Å². The summed E-state index contributed by atoms with van der Waals surface area (Å²) in [5.41, 5.74) is 5.00. The number of aryl methyl sites for hydroxylation is 1. The smallest absolute Gasteiger partial charge is 0.186 e. The number of hydrogen-bond acceptors (Lipinski definition) is 4. The lowest BCUT2D eigenvalue weighted by molar-refractivity contribution is 0.437. The Morgan fingerprint density at radius 1 is 1.00 bits per heavy atom. The van der Waals surface area contributed by atoms with Crippen LogP contribution < -0.4 is 4.90 Å². The molecule has 2 aromatic heterocycles. The number of fused-ring (bicyclic) bond motifs is 3. The van der Waals surface area contributed by atoms with Gasteiger partial charge in [-0.25, -0.2) is 4.98 Å². The van der Waals surface area contributed by atoms with Gasteiger partial charge in [0.05, 0.1) is 5.52 Å². The van der Waals surface area contributed by atoms with Crippen LogP contribution in [0.1, 0.15) is 25.3 Å². The van der Waals surface area contributed by atoms with E-state index < -0.39 is 0 Å². The van der Waals surface area contributed by atoms with Crippen molar-refractivity contribution in [2.45, 2.75) is 26.7 Å². The number of aromatic nitrogens is 4. The highest BCUT2D eigenvalue weighted by Crippen LogP contribution is 2.32. The summed E-state index contributed by atoms with van der Waals surface area (Å²) in [6.45, 7) is 6.53. The van der Waals surface area contributed by atoms with E-state index in [1.54, 1.807) is 0 Å². The highest BCUT2D eigenvalue weighted by atomic mass is 15.4. The van der Waals surface area contributed by atoms with E-state index in [1.165, 1.54) is 18.4 Å². The van der Waals surface area contributed by atoms with Crippen LogP contribution in [0, 0.1) is 12.8 Å². The van der Waals surface area contributed by atoms with Crippen LogP contribution in [0.25, 0.3) is 27.8 Å². The Morgan fingerprint density at radius 3 is 2.63 bits per heavy atom. The molecule has 0 spiro atoms. The molecule has 1 aliphatic heterocycles. The zero-order valence-electron chi connectivity index (χ0n) is 15.8. The quantitative estimate of drug-likeness (QED) is 0.530. The molecule has 136 valence electrons. The first kappa shape index (κ1) is 16.2. The van der Waals surface area contributed by atoms with Crippen molar-refractivity contribution in [2.75, 3.05) is 18.0 Å². The first-order valence-electron chi connectivity index (χ1n) is 9.67. The van der Waals surface area contributed by atoms with Crippen molar-refractivity contribution in [1.82, 2.24) is 19.8 Å². The molecule has 0 amide bonds. The van der Waals surface area contributed by atoms with Crippen molar-refractivity contribution in [1.29, 1.82) is 0 Å². The molecule has 3 heterocycles. The topological polar surface area (TPSA) is 46.3 Å². The number of para-hydroxylation sites is 1. The Balaban J connectivity index is 1.75. The Hall–Kier alpha value is -2.95. The van der Waals surface area contributed by atoms with Gasteiger partial charge in [-0.15, -0.1) is 5.10 Å². The van der Waals surface area contributed by atoms with Gasteiger partial charge < -0.3 is 4.90 Å². The van der Waals surface area contributed by atoms with Crippen molar-refractivity contribution in [2.24, 2.45) is 5.92 Å². The lowest BCUT2D eigenvalue weighted by Gasteiger charge is -2.32. The molecular formula is C22H23N5. The fourth-order valence-corrected chi connectivity index (χ4v) is 3.99. The van der Waals surface area contributed by atoms with E-state index in [0.29, 0.717) is 0 Å². The van der Waals surface area contributed by atoms with Crippen LogP contribution in [-0.4, -0.2) is 32.9 Å². The van der Waals surface area contributed by atoms with E-state index in [9.17, 15) is 0 Å². The maximum atomic E-state index is 5.08. The summed E-state index contributed by atoms with van der Waals surface area (Å²) in [4.78, 5) is 7.51. The van der Waals surface area contributed by atoms with Crippen LogP contribution in [0.3, 0.4) is 0 Å². The number of hydrogen-bond donors (Lipinski definition) is 0. The third kappa shape index (κ3) is 2.74. The molecule has 0 atom stereocenters. The first-order valence-corrected chi connectivity index (χ1v) is 9.67. The van der Waals surface area contributed by atoms with Gasteiger partial charge in [-0.2, -0.15) is 4.52 Å². The molecule has 0 aliphatic carbocycles. The van der Waals surface area contributed by atoms with Crippen molar-refractivity contribution >= 4 is 22.4 Å². The van der Waals surface area contributed by atoms with E-state index in [0.717, 1.165) is 52.6 Å². The number of anilines is 1. The molecule has 0 N–H and O–H groups in total. The molecule has 27 heavy (non-hydrogen) atoms. The standard InChI is InChI=1S/C22H23N5/c1-15-10-12-26(13-11-15)21-18-8-3-4-9-19(18)27-22(23-21)20(24-25-27)17-7-5-6-16(2)14-17/h3-9,14-15H,10-13H2,1-2H3. The van der Waals surface area contributed by atoms with Crippen molar-refractivity contribution in [3.05, 3.63) is 54.1 Å². The lowest BCUT2D eigenvalue weighted by atomic mass is 9.99. The summed E-state index contributed by atoms with van der Waals surface area (Å²) < 4.78 is 1.88. The van der Waals surface area contributed by atoms with Crippen LogP contribution in [0.2, 0.25) is 0 Å². The normalized spacial score (nSPS) is 15.7. The summed E-state index contributed by atoms with van der Waals surface area (Å²) in [7, 11) is 0. The summed E-state index contributed by atoms with van der Waals surface area (Å²) in [5.74, 6) is 1.84. The third-order valence-corrected chi connectivity index (χ3v) is 5.61. The minimum Gasteiger partial charge on any atom is -0.356 e. The predicted molar refractivity (Wildman–Crippen MR) is 109 cm³/mol. The number of piperidine rings is 1. The van der Waals surface area contributed by atoms with Crippen LogP contribution in [0.5, 0.6) is 0 Å². The van der Waals surface area contributed by atoms with Gasteiger partial charge in [-0.1, -0.05) is 48.0 Å². The molecule has 0 unspecified atom stereocenters. The fourth-order valence-electron chi connectivity index (χ4n) is 3.99. The minimum absolute atomic E-state index is 0.788. The molecule has 0 radical (unpaired) electrons. The Labute approximate surface area is 158 Å².